The highest BCUT2D eigenvalue weighted by atomic mass is 14.8. The predicted octanol–water partition coefficient (Wildman–Crippen LogP) is 2.64. The van der Waals surface area contributed by atoms with Gasteiger partial charge in [0.05, 0.1) is 0 Å². The molecule has 0 unspecified atom stereocenters. The summed E-state index contributed by atoms with van der Waals surface area (Å²) in [6.45, 7) is 0. The van der Waals surface area contributed by atoms with Gasteiger partial charge >= 0.3 is 0 Å². The third-order valence-corrected chi connectivity index (χ3v) is 1.39. The smallest absolute Gasteiger partial charge is 0.0277 e. The first kappa shape index (κ1) is 13.2. The van der Waals surface area contributed by atoms with Crippen molar-refractivity contribution in [1.29, 1.82) is 0 Å². The van der Waals surface area contributed by atoms with E-state index in [0.29, 0.717) is 0 Å². The second-order valence-electron chi connectivity index (χ2n) is 2.59. The SMILES string of the molecule is CN=CC=CC=CC=CC=CC=CNC. The fraction of sp³-hybridized carbons (Fsp3) is 0.154. The number of hydrogen-bond acceptors (Lipinski definition) is 2. The monoisotopic (exact) mass is 202 g/mol. The van der Waals surface area contributed by atoms with Gasteiger partial charge in [0.15, 0.2) is 0 Å². The highest BCUT2D eigenvalue weighted by molar-refractivity contribution is 5.71. The molecule has 0 saturated carbocycles. The van der Waals surface area contributed by atoms with Crippen LogP contribution in [-0.4, -0.2) is 20.3 Å². The Morgan fingerprint density at radius 1 is 0.733 bits per heavy atom. The summed E-state index contributed by atoms with van der Waals surface area (Å²) in [5.41, 5.74) is 0. The van der Waals surface area contributed by atoms with Gasteiger partial charge in [0, 0.05) is 20.3 Å². The first-order valence-electron chi connectivity index (χ1n) is 4.83. The molecule has 2 nitrogen and oxygen atoms in total. The van der Waals surface area contributed by atoms with Crippen molar-refractivity contribution in [3.05, 3.63) is 60.9 Å². The second kappa shape index (κ2) is 12.2. The van der Waals surface area contributed by atoms with Crippen LogP contribution in [0.2, 0.25) is 0 Å². The molecule has 1 N–H and O–H groups in total. The second-order valence-corrected chi connectivity index (χ2v) is 2.59. The Hall–Kier alpha value is -1.83. The molecule has 0 heterocycles. The van der Waals surface area contributed by atoms with Crippen LogP contribution in [0.4, 0.5) is 0 Å². The Balaban J connectivity index is 3.70. The molecule has 0 aliphatic rings. The normalized spacial score (nSPS) is 13.7. The van der Waals surface area contributed by atoms with Crippen LogP contribution in [0, 0.1) is 0 Å². The van der Waals surface area contributed by atoms with Crippen molar-refractivity contribution in [1.82, 2.24) is 5.32 Å². The average Bonchev–Trinajstić information content (AvgIpc) is 2.26. The molecular weight excluding hydrogens is 184 g/mol. The van der Waals surface area contributed by atoms with Gasteiger partial charge in [0.1, 0.15) is 0 Å². The maximum atomic E-state index is 3.82. The van der Waals surface area contributed by atoms with E-state index in [4.69, 9.17) is 0 Å². The summed E-state index contributed by atoms with van der Waals surface area (Å²) in [6.07, 6.45) is 21.2. The molecule has 0 aliphatic heterocycles. The molecule has 0 rings (SSSR count). The van der Waals surface area contributed by atoms with Gasteiger partial charge in [0.25, 0.3) is 0 Å². The molecular formula is C13H18N2. The van der Waals surface area contributed by atoms with Crippen molar-refractivity contribution in [2.75, 3.05) is 14.1 Å². The van der Waals surface area contributed by atoms with Crippen molar-refractivity contribution in [2.45, 2.75) is 0 Å². The highest BCUT2D eigenvalue weighted by Gasteiger charge is 1.63. The molecule has 0 aromatic rings. The lowest BCUT2D eigenvalue weighted by Gasteiger charge is -1.79. The number of rotatable bonds is 6. The molecule has 2 heteroatoms. The van der Waals surface area contributed by atoms with Gasteiger partial charge in [-0.3, -0.25) is 4.99 Å². The van der Waals surface area contributed by atoms with E-state index in [0.717, 1.165) is 0 Å². The predicted molar refractivity (Wildman–Crippen MR) is 69.2 cm³/mol. The zero-order valence-electron chi connectivity index (χ0n) is 9.30. The number of nitrogens with zero attached hydrogens (tertiary/aromatic N) is 1. The van der Waals surface area contributed by atoms with Gasteiger partial charge in [-0.2, -0.15) is 0 Å². The van der Waals surface area contributed by atoms with E-state index in [2.05, 4.69) is 10.3 Å². The van der Waals surface area contributed by atoms with Gasteiger partial charge in [-0.1, -0.05) is 42.5 Å². The minimum Gasteiger partial charge on any atom is -0.394 e. The van der Waals surface area contributed by atoms with Crippen molar-refractivity contribution < 1.29 is 0 Å². The topological polar surface area (TPSA) is 24.4 Å². The summed E-state index contributed by atoms with van der Waals surface area (Å²) in [4.78, 5) is 3.82. The molecule has 0 spiro atoms. The fourth-order valence-electron chi connectivity index (χ4n) is 0.737. The molecule has 0 saturated heterocycles. The Kier molecular flexibility index (Phi) is 10.7. The number of nitrogens with one attached hydrogen (secondary N) is 1. The lowest BCUT2D eigenvalue weighted by molar-refractivity contribution is 1.10. The maximum Gasteiger partial charge on any atom is 0.0277 e. The van der Waals surface area contributed by atoms with E-state index in [1.54, 1.807) is 13.3 Å². The molecule has 0 fully saturated rings. The van der Waals surface area contributed by atoms with Crippen LogP contribution < -0.4 is 5.32 Å². The lowest BCUT2D eigenvalue weighted by Crippen LogP contribution is -1.89. The first-order valence-corrected chi connectivity index (χ1v) is 4.83. The third kappa shape index (κ3) is 12.2. The van der Waals surface area contributed by atoms with Crippen molar-refractivity contribution in [3.63, 3.8) is 0 Å². The van der Waals surface area contributed by atoms with Crippen molar-refractivity contribution in [3.8, 4) is 0 Å². The van der Waals surface area contributed by atoms with E-state index >= 15 is 0 Å². The van der Waals surface area contributed by atoms with Crippen LogP contribution in [-0.2, 0) is 0 Å². The minimum atomic E-state index is 1.75. The zero-order chi connectivity index (χ0) is 11.2. The van der Waals surface area contributed by atoms with E-state index < -0.39 is 0 Å². The summed E-state index contributed by atoms with van der Waals surface area (Å²) in [5, 5.41) is 2.91. The van der Waals surface area contributed by atoms with Crippen molar-refractivity contribution in [2.24, 2.45) is 4.99 Å². The van der Waals surface area contributed by atoms with Crippen LogP contribution in [0.25, 0.3) is 0 Å². The zero-order valence-corrected chi connectivity index (χ0v) is 9.30. The highest BCUT2D eigenvalue weighted by Crippen LogP contribution is 1.82. The molecule has 0 aromatic heterocycles. The fourth-order valence-corrected chi connectivity index (χ4v) is 0.737. The lowest BCUT2D eigenvalue weighted by atomic mass is 10.4. The molecule has 15 heavy (non-hydrogen) atoms. The maximum absolute atomic E-state index is 3.82. The molecule has 0 aliphatic carbocycles. The summed E-state index contributed by atoms with van der Waals surface area (Å²) in [6, 6.07) is 0. The third-order valence-electron chi connectivity index (χ3n) is 1.39. The Morgan fingerprint density at radius 2 is 1.20 bits per heavy atom. The Morgan fingerprint density at radius 3 is 1.67 bits per heavy atom. The molecule has 0 amide bonds. The standard InChI is InChI=1S/C13H18N2/c1-14-12-10-8-6-4-3-5-7-9-11-13-15-2/h3-14H,1-2H3. The van der Waals surface area contributed by atoms with Gasteiger partial charge in [-0.05, 0) is 18.4 Å². The van der Waals surface area contributed by atoms with Crippen LogP contribution >= 0.6 is 0 Å². The Bertz CT molecular complexity index is 292. The number of hydrogen-bond donors (Lipinski definition) is 1. The van der Waals surface area contributed by atoms with Gasteiger partial charge in [0.2, 0.25) is 0 Å². The van der Waals surface area contributed by atoms with E-state index in [1.807, 2.05) is 67.9 Å². The summed E-state index contributed by atoms with van der Waals surface area (Å²) < 4.78 is 0. The number of aliphatic imine (C=N–C) groups is 1. The molecule has 0 bridgehead atoms. The van der Waals surface area contributed by atoms with E-state index in [9.17, 15) is 0 Å². The van der Waals surface area contributed by atoms with E-state index in [1.165, 1.54) is 0 Å². The minimum absolute atomic E-state index is 1.75. The number of allylic oxidation sites excluding steroid dienone is 9. The van der Waals surface area contributed by atoms with Gasteiger partial charge in [-0.25, -0.2) is 0 Å². The quantitative estimate of drug-likeness (QED) is 0.519. The molecule has 0 atom stereocenters. The van der Waals surface area contributed by atoms with Crippen LogP contribution in [0.1, 0.15) is 0 Å². The Labute approximate surface area is 92.1 Å². The summed E-state index contributed by atoms with van der Waals surface area (Å²) in [7, 11) is 3.62. The largest absolute Gasteiger partial charge is 0.394 e. The molecule has 80 valence electrons. The molecule has 0 aromatic carbocycles. The van der Waals surface area contributed by atoms with Gasteiger partial charge < -0.3 is 5.32 Å². The average molecular weight is 202 g/mol. The van der Waals surface area contributed by atoms with E-state index in [-0.39, 0.29) is 0 Å². The molecule has 0 radical (unpaired) electrons. The van der Waals surface area contributed by atoms with Crippen LogP contribution in [0.5, 0.6) is 0 Å². The summed E-state index contributed by atoms with van der Waals surface area (Å²) in [5.74, 6) is 0. The van der Waals surface area contributed by atoms with Crippen LogP contribution in [0.15, 0.2) is 65.9 Å². The van der Waals surface area contributed by atoms with Gasteiger partial charge in [-0.15, -0.1) is 0 Å². The summed E-state index contributed by atoms with van der Waals surface area (Å²) >= 11 is 0. The first-order chi connectivity index (χ1) is 7.41. The van der Waals surface area contributed by atoms with Crippen LogP contribution in [0.3, 0.4) is 0 Å². The van der Waals surface area contributed by atoms with Crippen molar-refractivity contribution >= 4 is 6.21 Å².